The molecule has 2 aromatic carbocycles. The van der Waals surface area contributed by atoms with Crippen LogP contribution in [-0.2, 0) is 21.9 Å². The van der Waals surface area contributed by atoms with Crippen molar-refractivity contribution in [3.05, 3.63) is 69.2 Å². The Morgan fingerprint density at radius 1 is 1.10 bits per heavy atom. The lowest BCUT2D eigenvalue weighted by molar-refractivity contribution is -0.138. The number of rotatable bonds is 10. The van der Waals surface area contributed by atoms with Gasteiger partial charge in [-0.15, -0.1) is 11.8 Å². The summed E-state index contributed by atoms with van der Waals surface area (Å²) in [5, 5.41) is 3.92. The normalized spacial score (nSPS) is 12.8. The number of hydrogen-bond acceptors (Lipinski definition) is 3. The monoisotopic (exact) mass is 480 g/mol. The molecule has 31 heavy (non-hydrogen) atoms. The maximum absolute atomic E-state index is 13.2. The molecule has 0 aliphatic rings. The third-order valence-corrected chi connectivity index (χ3v) is 6.83. The maximum atomic E-state index is 13.2. The first-order valence-corrected chi connectivity index (χ1v) is 12.3. The summed E-state index contributed by atoms with van der Waals surface area (Å²) in [7, 11) is 0. The molecule has 0 unspecified atom stereocenters. The van der Waals surface area contributed by atoms with Crippen LogP contribution in [0.25, 0.3) is 0 Å². The average molecular weight is 481 g/mol. The van der Waals surface area contributed by atoms with E-state index in [0.29, 0.717) is 15.6 Å². The molecular formula is C24H30Cl2N2O2S. The molecule has 0 saturated heterocycles. The van der Waals surface area contributed by atoms with E-state index in [1.54, 1.807) is 30.0 Å². The van der Waals surface area contributed by atoms with Gasteiger partial charge < -0.3 is 10.2 Å². The van der Waals surface area contributed by atoms with Gasteiger partial charge in [-0.25, -0.2) is 0 Å². The van der Waals surface area contributed by atoms with Gasteiger partial charge in [0.15, 0.2) is 0 Å². The topological polar surface area (TPSA) is 49.4 Å². The van der Waals surface area contributed by atoms with Gasteiger partial charge in [0.1, 0.15) is 6.04 Å². The zero-order valence-electron chi connectivity index (χ0n) is 18.5. The first-order chi connectivity index (χ1) is 14.7. The Morgan fingerprint density at radius 3 is 2.35 bits per heavy atom. The van der Waals surface area contributed by atoms with E-state index >= 15 is 0 Å². The predicted molar refractivity (Wildman–Crippen MR) is 132 cm³/mol. The van der Waals surface area contributed by atoms with Crippen molar-refractivity contribution in [1.29, 1.82) is 0 Å². The molecule has 0 radical (unpaired) electrons. The van der Waals surface area contributed by atoms with Crippen LogP contribution in [-0.4, -0.2) is 34.6 Å². The summed E-state index contributed by atoms with van der Waals surface area (Å²) < 4.78 is 0. The Morgan fingerprint density at radius 2 is 1.74 bits per heavy atom. The molecule has 0 heterocycles. The number of amides is 2. The number of carbonyl (C=O) groups excluding carboxylic acids is 2. The van der Waals surface area contributed by atoms with E-state index in [0.717, 1.165) is 12.2 Å². The van der Waals surface area contributed by atoms with Crippen LogP contribution in [0.3, 0.4) is 0 Å². The fourth-order valence-electron chi connectivity index (χ4n) is 3.04. The highest BCUT2D eigenvalue weighted by atomic mass is 35.5. The molecule has 0 aliphatic heterocycles. The molecule has 0 fully saturated rings. The maximum Gasteiger partial charge on any atom is 0.242 e. The van der Waals surface area contributed by atoms with Crippen LogP contribution in [0.15, 0.2) is 42.5 Å². The summed E-state index contributed by atoms with van der Waals surface area (Å²) in [6, 6.07) is 12.8. The Balaban J connectivity index is 2.15. The Bertz CT molecular complexity index is 887. The molecule has 2 aromatic rings. The van der Waals surface area contributed by atoms with E-state index in [1.165, 1.54) is 22.9 Å². The van der Waals surface area contributed by atoms with Crippen molar-refractivity contribution in [3.63, 3.8) is 0 Å². The molecule has 0 bridgehead atoms. The van der Waals surface area contributed by atoms with E-state index in [1.807, 2.05) is 39.0 Å². The number of thioether (sulfide) groups is 1. The summed E-state index contributed by atoms with van der Waals surface area (Å²) >= 11 is 14.2. The first kappa shape index (κ1) is 25.6. The summed E-state index contributed by atoms with van der Waals surface area (Å²) in [5.74, 6) is 0.674. The SMILES string of the molecule is CC[C@H](C)NC(=O)[C@H](C)N(Cc1c(Cl)cccc1Cl)C(=O)CSCc1cccc(C)c1. The smallest absolute Gasteiger partial charge is 0.242 e. The van der Waals surface area contributed by atoms with Crippen molar-refractivity contribution in [2.24, 2.45) is 0 Å². The van der Waals surface area contributed by atoms with Gasteiger partial charge in [0, 0.05) is 33.9 Å². The number of carbonyl (C=O) groups is 2. The Hall–Kier alpha value is -1.69. The minimum absolute atomic E-state index is 0.0338. The van der Waals surface area contributed by atoms with Crippen molar-refractivity contribution >= 4 is 46.8 Å². The summed E-state index contributed by atoms with van der Waals surface area (Å²) in [5.41, 5.74) is 3.00. The molecule has 2 amide bonds. The highest BCUT2D eigenvalue weighted by Crippen LogP contribution is 2.27. The van der Waals surface area contributed by atoms with Crippen molar-refractivity contribution < 1.29 is 9.59 Å². The Labute approximate surface area is 199 Å². The summed E-state index contributed by atoms with van der Waals surface area (Å²) in [4.78, 5) is 27.5. The third kappa shape index (κ3) is 7.74. The quantitative estimate of drug-likeness (QED) is 0.462. The van der Waals surface area contributed by atoms with Gasteiger partial charge in [0.05, 0.1) is 5.75 Å². The number of benzene rings is 2. The standard InChI is InChI=1S/C24H30Cl2N2O2S/c1-5-17(3)27-24(30)18(4)28(13-20-21(25)10-7-11-22(20)26)23(29)15-31-14-19-9-6-8-16(2)12-19/h6-12,17-18H,5,13-15H2,1-4H3,(H,27,30)/t17-,18-/m0/s1. The van der Waals surface area contributed by atoms with Crippen LogP contribution in [0.5, 0.6) is 0 Å². The fourth-order valence-corrected chi connectivity index (χ4v) is 4.42. The molecule has 2 rings (SSSR count). The lowest BCUT2D eigenvalue weighted by atomic mass is 10.1. The number of aryl methyl sites for hydroxylation is 1. The van der Waals surface area contributed by atoms with E-state index < -0.39 is 6.04 Å². The van der Waals surface area contributed by atoms with E-state index in [4.69, 9.17) is 23.2 Å². The summed E-state index contributed by atoms with van der Waals surface area (Å²) in [6.45, 7) is 7.92. The molecule has 0 saturated carbocycles. The van der Waals surface area contributed by atoms with E-state index in [-0.39, 0.29) is 30.2 Å². The van der Waals surface area contributed by atoms with Gasteiger partial charge in [-0.3, -0.25) is 9.59 Å². The highest BCUT2D eigenvalue weighted by Gasteiger charge is 2.27. The zero-order chi connectivity index (χ0) is 23.0. The van der Waals surface area contributed by atoms with Crippen LogP contribution in [0.2, 0.25) is 10.0 Å². The van der Waals surface area contributed by atoms with Gasteiger partial charge in [-0.2, -0.15) is 0 Å². The van der Waals surface area contributed by atoms with Crippen LogP contribution in [0.4, 0.5) is 0 Å². The van der Waals surface area contributed by atoms with Crippen molar-refractivity contribution in [1.82, 2.24) is 10.2 Å². The minimum atomic E-state index is -0.645. The number of halogens is 2. The number of hydrogen-bond donors (Lipinski definition) is 1. The second-order valence-electron chi connectivity index (χ2n) is 7.70. The third-order valence-electron chi connectivity index (χ3n) is 5.14. The van der Waals surface area contributed by atoms with Crippen LogP contribution in [0.1, 0.15) is 43.9 Å². The molecule has 0 aliphatic carbocycles. The largest absolute Gasteiger partial charge is 0.352 e. The average Bonchev–Trinajstić information content (AvgIpc) is 2.73. The second kappa shape index (κ2) is 12.4. The van der Waals surface area contributed by atoms with Crippen LogP contribution < -0.4 is 5.32 Å². The van der Waals surface area contributed by atoms with Crippen molar-refractivity contribution in [2.45, 2.75) is 58.5 Å². The van der Waals surface area contributed by atoms with Gasteiger partial charge in [0.2, 0.25) is 11.8 Å². The number of nitrogens with zero attached hydrogens (tertiary/aromatic N) is 1. The molecular weight excluding hydrogens is 451 g/mol. The van der Waals surface area contributed by atoms with Crippen LogP contribution in [0, 0.1) is 6.92 Å². The molecule has 7 heteroatoms. The molecule has 168 valence electrons. The van der Waals surface area contributed by atoms with Gasteiger partial charge in [-0.05, 0) is 44.9 Å². The molecule has 1 N–H and O–H groups in total. The van der Waals surface area contributed by atoms with Crippen molar-refractivity contribution in [2.75, 3.05) is 5.75 Å². The first-order valence-electron chi connectivity index (χ1n) is 10.4. The van der Waals surface area contributed by atoms with Crippen molar-refractivity contribution in [3.8, 4) is 0 Å². The van der Waals surface area contributed by atoms with Gasteiger partial charge in [-0.1, -0.05) is 66.0 Å². The van der Waals surface area contributed by atoms with E-state index in [2.05, 4.69) is 11.4 Å². The second-order valence-corrected chi connectivity index (χ2v) is 9.50. The molecule has 4 nitrogen and oxygen atoms in total. The summed E-state index contributed by atoms with van der Waals surface area (Å²) in [6.07, 6.45) is 0.815. The van der Waals surface area contributed by atoms with Gasteiger partial charge >= 0.3 is 0 Å². The molecule has 0 spiro atoms. The van der Waals surface area contributed by atoms with E-state index in [9.17, 15) is 9.59 Å². The molecule has 0 aromatic heterocycles. The Kier molecular flexibility index (Phi) is 10.2. The highest BCUT2D eigenvalue weighted by molar-refractivity contribution is 7.99. The van der Waals surface area contributed by atoms with Crippen LogP contribution >= 0.6 is 35.0 Å². The fraction of sp³-hybridized carbons (Fsp3) is 0.417. The number of nitrogens with one attached hydrogen (secondary N) is 1. The van der Waals surface area contributed by atoms with Gasteiger partial charge in [0.25, 0.3) is 0 Å². The zero-order valence-corrected chi connectivity index (χ0v) is 20.8. The predicted octanol–water partition coefficient (Wildman–Crippen LogP) is 5.87. The lowest BCUT2D eigenvalue weighted by Gasteiger charge is -2.30. The lowest BCUT2D eigenvalue weighted by Crippen LogP contribution is -2.50. The molecule has 2 atom stereocenters. The minimum Gasteiger partial charge on any atom is -0.352 e.